The third-order valence-electron chi connectivity index (χ3n) is 7.98. The Morgan fingerprint density at radius 3 is 2.77 bits per heavy atom. The van der Waals surface area contributed by atoms with Crippen molar-refractivity contribution in [1.82, 2.24) is 20.1 Å². The number of rotatable bonds is 3. The zero-order valence-corrected chi connectivity index (χ0v) is 18.9. The molecule has 2 aromatic heterocycles. The molecule has 3 aromatic rings. The van der Waals surface area contributed by atoms with Crippen molar-refractivity contribution in [3.63, 3.8) is 0 Å². The second kappa shape index (κ2) is 7.37. The number of aromatic nitrogens is 3. The van der Waals surface area contributed by atoms with Gasteiger partial charge in [-0.3, -0.25) is 4.98 Å². The second-order valence-electron chi connectivity index (χ2n) is 9.96. The molecule has 182 valence electrons. The van der Waals surface area contributed by atoms with Gasteiger partial charge in [0.15, 0.2) is 0 Å². The third kappa shape index (κ3) is 3.08. The lowest BCUT2D eigenvalue weighted by Crippen LogP contribution is -2.38. The molecule has 1 saturated carbocycles. The number of anilines is 1. The first-order valence-electron chi connectivity index (χ1n) is 11.5. The normalized spacial score (nSPS) is 30.9. The van der Waals surface area contributed by atoms with Crippen molar-refractivity contribution in [3.8, 4) is 6.07 Å². The molecule has 0 spiro atoms. The summed E-state index contributed by atoms with van der Waals surface area (Å²) in [5.74, 6) is -0.618. The minimum Gasteiger partial charge on any atom is -0.424 e. The van der Waals surface area contributed by atoms with E-state index in [-0.39, 0.29) is 37.8 Å². The number of hydrogen-bond acceptors (Lipinski definition) is 7. The summed E-state index contributed by atoms with van der Waals surface area (Å²) in [7, 11) is 1.82. The molecule has 0 radical (unpaired) electrons. The molecule has 3 fully saturated rings. The van der Waals surface area contributed by atoms with Gasteiger partial charge in [-0.1, -0.05) is 0 Å². The lowest BCUT2D eigenvalue weighted by molar-refractivity contribution is -0.187. The summed E-state index contributed by atoms with van der Waals surface area (Å²) in [5, 5.41) is 18.1. The Labute approximate surface area is 198 Å². The van der Waals surface area contributed by atoms with Crippen molar-refractivity contribution in [3.05, 3.63) is 47.8 Å². The highest BCUT2D eigenvalue weighted by Crippen LogP contribution is 2.75. The molecule has 4 atom stereocenters. The summed E-state index contributed by atoms with van der Waals surface area (Å²) in [6.07, 6.45) is -3.85. The number of pyridine rings is 1. The fourth-order valence-electron chi connectivity index (χ4n) is 6.01. The van der Waals surface area contributed by atoms with Gasteiger partial charge in [-0.15, -0.1) is 10.2 Å². The van der Waals surface area contributed by atoms with Crippen LogP contribution in [-0.4, -0.2) is 65.7 Å². The number of fused-ring (bicyclic) bond motifs is 2. The Morgan fingerprint density at radius 2 is 2.03 bits per heavy atom. The number of piperidine rings is 2. The molecule has 0 amide bonds. The minimum absolute atomic E-state index is 0.0243. The van der Waals surface area contributed by atoms with Gasteiger partial charge in [0, 0.05) is 36.9 Å². The molecule has 1 aliphatic carbocycles. The predicted molar refractivity (Wildman–Crippen MR) is 118 cm³/mol. The van der Waals surface area contributed by atoms with Crippen LogP contribution in [0.1, 0.15) is 36.1 Å². The number of nitrogens with zero attached hydrogens (tertiary/aromatic N) is 6. The van der Waals surface area contributed by atoms with Crippen LogP contribution in [0.15, 0.2) is 34.9 Å². The van der Waals surface area contributed by atoms with Crippen LogP contribution in [0.5, 0.6) is 0 Å². The Morgan fingerprint density at radius 1 is 1.20 bits per heavy atom. The zero-order valence-electron chi connectivity index (χ0n) is 18.9. The van der Waals surface area contributed by atoms with Crippen molar-refractivity contribution < 1.29 is 22.0 Å². The number of likely N-dealkylation sites (tertiary alicyclic amines) is 1. The van der Waals surface area contributed by atoms with Gasteiger partial charge in [-0.05, 0) is 50.7 Å². The van der Waals surface area contributed by atoms with Crippen LogP contribution in [0.2, 0.25) is 0 Å². The summed E-state index contributed by atoms with van der Waals surface area (Å²) in [6, 6.07) is 8.77. The maximum atomic E-state index is 14.6. The SMILES string of the molecule is CN1CCC(c2nnc([C@]34CN(c5ccc(C#N)c6ncccc56)C[C@@]3(C(F)(F)F)C4)o2)C(F)C1. The van der Waals surface area contributed by atoms with Crippen LogP contribution in [0.25, 0.3) is 10.9 Å². The second-order valence-corrected chi connectivity index (χ2v) is 9.96. The van der Waals surface area contributed by atoms with Crippen molar-refractivity contribution in [2.24, 2.45) is 5.41 Å². The van der Waals surface area contributed by atoms with E-state index < -0.39 is 29.1 Å². The molecule has 3 aliphatic rings. The molecular weight excluding hydrogens is 464 g/mol. The van der Waals surface area contributed by atoms with E-state index in [0.29, 0.717) is 35.1 Å². The number of hydrogen-bond donors (Lipinski definition) is 0. The number of benzene rings is 1. The van der Waals surface area contributed by atoms with Crippen LogP contribution in [-0.2, 0) is 5.41 Å². The summed E-state index contributed by atoms with van der Waals surface area (Å²) >= 11 is 0. The fourth-order valence-corrected chi connectivity index (χ4v) is 6.01. The number of alkyl halides is 4. The molecule has 7 nitrogen and oxygen atoms in total. The van der Waals surface area contributed by atoms with Crippen molar-refractivity contribution >= 4 is 16.6 Å². The smallest absolute Gasteiger partial charge is 0.397 e. The summed E-state index contributed by atoms with van der Waals surface area (Å²) in [6.45, 7) is 0.613. The third-order valence-corrected chi connectivity index (χ3v) is 7.98. The molecule has 0 N–H and O–H groups in total. The molecule has 6 rings (SSSR count). The maximum absolute atomic E-state index is 14.6. The van der Waals surface area contributed by atoms with Gasteiger partial charge < -0.3 is 14.2 Å². The van der Waals surface area contributed by atoms with Gasteiger partial charge in [-0.2, -0.15) is 18.4 Å². The molecule has 0 bridgehead atoms. The quantitative estimate of drug-likeness (QED) is 0.519. The summed E-state index contributed by atoms with van der Waals surface area (Å²) < 4.78 is 63.9. The van der Waals surface area contributed by atoms with Crippen LogP contribution in [0, 0.1) is 16.7 Å². The highest BCUT2D eigenvalue weighted by Gasteiger charge is 2.86. The first kappa shape index (κ1) is 22.2. The fraction of sp³-hybridized carbons (Fsp3) is 0.500. The van der Waals surface area contributed by atoms with Gasteiger partial charge in [0.05, 0.1) is 22.4 Å². The minimum atomic E-state index is -4.49. The van der Waals surface area contributed by atoms with Gasteiger partial charge in [-0.25, -0.2) is 4.39 Å². The van der Waals surface area contributed by atoms with E-state index in [0.717, 1.165) is 0 Å². The summed E-state index contributed by atoms with van der Waals surface area (Å²) in [4.78, 5) is 7.80. The first-order chi connectivity index (χ1) is 16.7. The van der Waals surface area contributed by atoms with E-state index >= 15 is 0 Å². The van der Waals surface area contributed by atoms with Gasteiger partial charge >= 0.3 is 6.18 Å². The van der Waals surface area contributed by atoms with E-state index in [2.05, 4.69) is 21.3 Å². The van der Waals surface area contributed by atoms with E-state index in [9.17, 15) is 22.8 Å². The maximum Gasteiger partial charge on any atom is 0.397 e. The predicted octanol–water partition coefficient (Wildman–Crippen LogP) is 3.96. The lowest BCUT2D eigenvalue weighted by atomic mass is 9.95. The van der Waals surface area contributed by atoms with E-state index in [1.54, 1.807) is 35.4 Å². The number of nitriles is 1. The monoisotopic (exact) mass is 486 g/mol. The molecule has 4 heterocycles. The molecular formula is C24H22F4N6O. The van der Waals surface area contributed by atoms with E-state index in [1.165, 1.54) is 0 Å². The molecule has 11 heteroatoms. The average molecular weight is 486 g/mol. The highest BCUT2D eigenvalue weighted by molar-refractivity contribution is 5.95. The van der Waals surface area contributed by atoms with Crippen LogP contribution in [0.3, 0.4) is 0 Å². The van der Waals surface area contributed by atoms with E-state index in [1.807, 2.05) is 11.9 Å². The zero-order chi connectivity index (χ0) is 24.6. The Kier molecular flexibility index (Phi) is 4.68. The van der Waals surface area contributed by atoms with Crippen molar-refractivity contribution in [1.29, 1.82) is 5.26 Å². The molecule has 1 aromatic carbocycles. The lowest BCUT2D eigenvalue weighted by Gasteiger charge is -2.30. The van der Waals surface area contributed by atoms with Crippen LogP contribution in [0.4, 0.5) is 23.2 Å². The van der Waals surface area contributed by atoms with Gasteiger partial charge in [0.1, 0.15) is 17.7 Å². The van der Waals surface area contributed by atoms with E-state index in [4.69, 9.17) is 4.42 Å². The molecule has 2 saturated heterocycles. The highest BCUT2D eigenvalue weighted by atomic mass is 19.4. The van der Waals surface area contributed by atoms with Crippen molar-refractivity contribution in [2.75, 3.05) is 38.1 Å². The topological polar surface area (TPSA) is 82.1 Å². The number of halogens is 4. The van der Waals surface area contributed by atoms with Gasteiger partial charge in [0.25, 0.3) is 0 Å². The molecule has 2 unspecified atom stereocenters. The average Bonchev–Trinajstić information content (AvgIpc) is 3.12. The molecule has 35 heavy (non-hydrogen) atoms. The van der Waals surface area contributed by atoms with Gasteiger partial charge in [0.2, 0.25) is 11.8 Å². The molecule has 2 aliphatic heterocycles. The van der Waals surface area contributed by atoms with Crippen LogP contribution >= 0.6 is 0 Å². The Balaban J connectivity index is 1.38. The largest absolute Gasteiger partial charge is 0.424 e. The van der Waals surface area contributed by atoms with Crippen LogP contribution < -0.4 is 4.90 Å². The first-order valence-corrected chi connectivity index (χ1v) is 11.5. The Hall–Kier alpha value is -3.26. The Bertz CT molecular complexity index is 1350. The summed E-state index contributed by atoms with van der Waals surface area (Å²) in [5.41, 5.74) is -2.06. The van der Waals surface area contributed by atoms with Crippen molar-refractivity contribution in [2.45, 2.75) is 36.5 Å². The standard InChI is InChI=1S/C24H22F4N6O/c1-33-8-6-15(17(25)10-33)20-31-32-21(35-20)22-11-23(22,24(26,27)28)13-34(12-22)18-5-4-14(9-29)19-16(18)3-2-7-30-19/h2-5,7,15,17H,6,8,10-13H2,1H3/t15?,17?,22-,23-/m0/s1.